The molecule has 2 aliphatic carbocycles. The molecule has 3 aliphatic rings. The number of hydrazone groups is 1. The fourth-order valence-corrected chi connectivity index (χ4v) is 4.51. The molecular formula is C21H15N3O7. The van der Waals surface area contributed by atoms with Gasteiger partial charge >= 0.3 is 5.97 Å². The zero-order valence-corrected chi connectivity index (χ0v) is 15.9. The number of benzene rings is 1. The Labute approximate surface area is 174 Å². The van der Waals surface area contributed by atoms with Crippen molar-refractivity contribution in [3.8, 4) is 5.75 Å². The standard InChI is InChI=1S/C21H15N3O7/c25-19-17-11-3-4-12(8-11)18(17)20(26)23(19)22-10-13-9-14(24(28)29)5-6-15(13)31-21(27)16-2-1-7-30-16/h1-7,9-12,17-18H,8H2. The minimum Gasteiger partial charge on any atom is -0.457 e. The Morgan fingerprint density at radius 1 is 1.19 bits per heavy atom. The molecule has 156 valence electrons. The summed E-state index contributed by atoms with van der Waals surface area (Å²) in [6.07, 6.45) is 7.15. The maximum Gasteiger partial charge on any atom is 0.379 e. The third-order valence-electron chi connectivity index (χ3n) is 5.89. The van der Waals surface area contributed by atoms with Crippen molar-refractivity contribution in [2.24, 2.45) is 28.8 Å². The van der Waals surface area contributed by atoms with Gasteiger partial charge in [-0.25, -0.2) is 4.79 Å². The molecule has 31 heavy (non-hydrogen) atoms. The SMILES string of the molecule is O=C(Oc1ccc([N+](=O)[O-])cc1C=NN1C(=O)C2C3C=CC(C3)C2C1=O)c1ccco1. The number of amides is 2. The largest absolute Gasteiger partial charge is 0.457 e. The minimum absolute atomic E-state index is 0.0308. The van der Waals surface area contributed by atoms with E-state index in [1.807, 2.05) is 12.2 Å². The van der Waals surface area contributed by atoms with Crippen molar-refractivity contribution in [1.82, 2.24) is 5.01 Å². The number of ether oxygens (including phenoxy) is 1. The highest BCUT2D eigenvalue weighted by atomic mass is 16.6. The molecule has 2 aromatic rings. The van der Waals surface area contributed by atoms with Crippen LogP contribution in [-0.4, -0.2) is 33.9 Å². The Morgan fingerprint density at radius 2 is 1.90 bits per heavy atom. The van der Waals surface area contributed by atoms with Crippen LogP contribution in [0, 0.1) is 33.8 Å². The highest BCUT2D eigenvalue weighted by molar-refractivity contribution is 6.07. The summed E-state index contributed by atoms with van der Waals surface area (Å²) in [6, 6.07) is 6.47. The molecule has 1 saturated carbocycles. The van der Waals surface area contributed by atoms with Gasteiger partial charge in [-0.1, -0.05) is 12.2 Å². The molecule has 4 unspecified atom stereocenters. The molecule has 1 aliphatic heterocycles. The van der Waals surface area contributed by atoms with Crippen LogP contribution in [0.3, 0.4) is 0 Å². The number of non-ortho nitro benzene ring substituents is 1. The first-order chi connectivity index (χ1) is 14.9. The molecule has 4 atom stereocenters. The average molecular weight is 421 g/mol. The first-order valence-corrected chi connectivity index (χ1v) is 9.58. The summed E-state index contributed by atoms with van der Waals surface area (Å²) in [5, 5.41) is 16.0. The number of carbonyl (C=O) groups is 3. The van der Waals surface area contributed by atoms with Crippen molar-refractivity contribution < 1.29 is 28.5 Å². The van der Waals surface area contributed by atoms with Crippen LogP contribution in [0.1, 0.15) is 22.5 Å². The van der Waals surface area contributed by atoms with E-state index in [2.05, 4.69) is 5.10 Å². The van der Waals surface area contributed by atoms with Gasteiger partial charge in [0.25, 0.3) is 17.5 Å². The predicted molar refractivity (Wildman–Crippen MR) is 104 cm³/mol. The minimum atomic E-state index is -0.806. The van der Waals surface area contributed by atoms with E-state index in [0.717, 1.165) is 23.7 Å². The fourth-order valence-electron chi connectivity index (χ4n) is 4.51. The van der Waals surface area contributed by atoms with Crippen LogP contribution in [0.2, 0.25) is 0 Å². The molecule has 0 N–H and O–H groups in total. The van der Waals surface area contributed by atoms with Gasteiger partial charge in [-0.2, -0.15) is 10.1 Å². The lowest BCUT2D eigenvalue weighted by atomic mass is 9.85. The number of imide groups is 1. The Balaban J connectivity index is 1.43. The lowest BCUT2D eigenvalue weighted by Crippen LogP contribution is -2.28. The Hall–Kier alpha value is -4.08. The monoisotopic (exact) mass is 421 g/mol. The predicted octanol–water partition coefficient (Wildman–Crippen LogP) is 2.55. The topological polar surface area (TPSA) is 132 Å². The second-order valence-electron chi connectivity index (χ2n) is 7.58. The van der Waals surface area contributed by atoms with Crippen molar-refractivity contribution in [1.29, 1.82) is 0 Å². The third-order valence-corrected chi connectivity index (χ3v) is 5.89. The smallest absolute Gasteiger partial charge is 0.379 e. The third kappa shape index (κ3) is 3.03. The van der Waals surface area contributed by atoms with Gasteiger partial charge in [0.05, 0.1) is 29.2 Å². The van der Waals surface area contributed by atoms with Gasteiger partial charge in [0.15, 0.2) is 0 Å². The number of esters is 1. The molecule has 2 amide bonds. The highest BCUT2D eigenvalue weighted by Crippen LogP contribution is 2.52. The van der Waals surface area contributed by atoms with Gasteiger partial charge in [0.1, 0.15) is 5.75 Å². The number of nitrogens with zero attached hydrogens (tertiary/aromatic N) is 3. The van der Waals surface area contributed by atoms with E-state index in [1.165, 1.54) is 30.5 Å². The fraction of sp³-hybridized carbons (Fsp3) is 0.238. The zero-order chi connectivity index (χ0) is 21.7. The molecule has 10 nitrogen and oxygen atoms in total. The normalized spacial score (nSPS) is 26.1. The molecule has 1 aromatic carbocycles. The van der Waals surface area contributed by atoms with E-state index >= 15 is 0 Å². The zero-order valence-electron chi connectivity index (χ0n) is 15.9. The van der Waals surface area contributed by atoms with Gasteiger partial charge in [-0.15, -0.1) is 0 Å². The number of nitro benzene ring substituents is 1. The summed E-state index contributed by atoms with van der Waals surface area (Å²) in [6.45, 7) is 0. The van der Waals surface area contributed by atoms with Crippen molar-refractivity contribution in [2.75, 3.05) is 0 Å². The van der Waals surface area contributed by atoms with Crippen molar-refractivity contribution >= 4 is 29.7 Å². The maximum atomic E-state index is 12.8. The second kappa shape index (κ2) is 7.01. The van der Waals surface area contributed by atoms with Crippen LogP contribution < -0.4 is 4.74 Å². The van der Waals surface area contributed by atoms with Crippen LogP contribution >= 0.6 is 0 Å². The number of carbonyl (C=O) groups excluding carboxylic acids is 3. The molecule has 0 spiro atoms. The lowest BCUT2D eigenvalue weighted by molar-refractivity contribution is -0.384. The number of hydrogen-bond acceptors (Lipinski definition) is 8. The van der Waals surface area contributed by atoms with Crippen LogP contribution in [0.5, 0.6) is 5.75 Å². The maximum absolute atomic E-state index is 12.8. The number of hydrogen-bond donors (Lipinski definition) is 0. The van der Waals surface area contributed by atoms with Gasteiger partial charge in [-0.3, -0.25) is 19.7 Å². The van der Waals surface area contributed by atoms with Crippen LogP contribution in [0.15, 0.2) is 58.3 Å². The number of allylic oxidation sites excluding steroid dienone is 2. The van der Waals surface area contributed by atoms with E-state index in [1.54, 1.807) is 0 Å². The number of fused-ring (bicyclic) bond motifs is 5. The molecule has 2 fully saturated rings. The summed E-state index contributed by atoms with van der Waals surface area (Å²) in [7, 11) is 0. The summed E-state index contributed by atoms with van der Waals surface area (Å²) >= 11 is 0. The van der Waals surface area contributed by atoms with E-state index in [4.69, 9.17) is 9.15 Å². The first kappa shape index (κ1) is 18.9. The molecule has 5 rings (SSSR count). The first-order valence-electron chi connectivity index (χ1n) is 9.58. The Bertz CT molecular complexity index is 1140. The van der Waals surface area contributed by atoms with Gasteiger partial charge in [0, 0.05) is 17.7 Å². The van der Waals surface area contributed by atoms with Crippen LogP contribution in [0.25, 0.3) is 0 Å². The quantitative estimate of drug-likeness (QED) is 0.138. The van der Waals surface area contributed by atoms with Crippen molar-refractivity contribution in [3.05, 3.63) is 70.2 Å². The molecular weight excluding hydrogens is 406 g/mol. The van der Waals surface area contributed by atoms with Crippen molar-refractivity contribution in [3.63, 3.8) is 0 Å². The number of rotatable bonds is 5. The number of nitro groups is 1. The van der Waals surface area contributed by atoms with Gasteiger partial charge in [0.2, 0.25) is 5.76 Å². The van der Waals surface area contributed by atoms with Crippen molar-refractivity contribution in [2.45, 2.75) is 6.42 Å². The second-order valence-corrected chi connectivity index (χ2v) is 7.58. The van der Waals surface area contributed by atoms with E-state index in [0.29, 0.717) is 0 Å². The summed E-state index contributed by atoms with van der Waals surface area (Å²) < 4.78 is 10.3. The average Bonchev–Trinajstić information content (AvgIpc) is 3.53. The summed E-state index contributed by atoms with van der Waals surface area (Å²) in [4.78, 5) is 48.3. The van der Waals surface area contributed by atoms with Gasteiger partial charge < -0.3 is 9.15 Å². The highest BCUT2D eigenvalue weighted by Gasteiger charge is 2.59. The van der Waals surface area contributed by atoms with Crippen LogP contribution in [0.4, 0.5) is 5.69 Å². The Kier molecular flexibility index (Phi) is 4.28. The van der Waals surface area contributed by atoms with Gasteiger partial charge in [-0.05, 0) is 36.5 Å². The summed E-state index contributed by atoms with van der Waals surface area (Å²) in [5.74, 6) is -2.42. The van der Waals surface area contributed by atoms with E-state index < -0.39 is 22.7 Å². The summed E-state index contributed by atoms with van der Waals surface area (Å²) in [5.41, 5.74) is -0.203. The van der Waals surface area contributed by atoms with Crippen LogP contribution in [-0.2, 0) is 9.59 Å². The Morgan fingerprint density at radius 3 is 2.52 bits per heavy atom. The molecule has 0 radical (unpaired) electrons. The molecule has 2 bridgehead atoms. The molecule has 1 aromatic heterocycles. The molecule has 10 heteroatoms. The molecule has 2 heterocycles. The van der Waals surface area contributed by atoms with E-state index in [-0.39, 0.29) is 46.4 Å². The number of furan rings is 1. The lowest BCUT2D eigenvalue weighted by Gasteiger charge is -2.13. The van der Waals surface area contributed by atoms with E-state index in [9.17, 15) is 24.5 Å². The molecule has 1 saturated heterocycles.